The van der Waals surface area contributed by atoms with Crippen LogP contribution in [0, 0.1) is 5.82 Å². The van der Waals surface area contributed by atoms with Gasteiger partial charge in [-0.2, -0.15) is 0 Å². The Bertz CT molecular complexity index is 248. The smallest absolute Gasteiger partial charge is 0.123 e. The fourth-order valence-electron chi connectivity index (χ4n) is 1.12. The Labute approximate surface area is 82.2 Å². The van der Waals surface area contributed by atoms with E-state index >= 15 is 0 Å². The van der Waals surface area contributed by atoms with E-state index in [1.54, 1.807) is 12.1 Å². The maximum atomic E-state index is 12.5. The number of rotatable bonds is 4. The van der Waals surface area contributed by atoms with E-state index in [9.17, 15) is 9.50 Å². The van der Waals surface area contributed by atoms with Crippen molar-refractivity contribution in [2.75, 3.05) is 5.88 Å². The maximum Gasteiger partial charge on any atom is 0.123 e. The van der Waals surface area contributed by atoms with Crippen molar-refractivity contribution in [2.24, 2.45) is 0 Å². The predicted molar refractivity (Wildman–Crippen MR) is 51.4 cm³/mol. The van der Waals surface area contributed by atoms with E-state index in [2.05, 4.69) is 0 Å². The highest BCUT2D eigenvalue weighted by atomic mass is 35.5. The lowest BCUT2D eigenvalue weighted by molar-refractivity contribution is 0.171. The molecule has 0 aliphatic heterocycles. The molecule has 3 heteroatoms. The summed E-state index contributed by atoms with van der Waals surface area (Å²) in [5.41, 5.74) is 0.930. The van der Waals surface area contributed by atoms with Crippen molar-refractivity contribution in [3.63, 3.8) is 0 Å². The molecular weight excluding hydrogens is 191 g/mol. The molecule has 1 unspecified atom stereocenters. The monoisotopic (exact) mass is 202 g/mol. The van der Waals surface area contributed by atoms with Crippen molar-refractivity contribution in [1.29, 1.82) is 0 Å². The van der Waals surface area contributed by atoms with E-state index < -0.39 is 6.10 Å². The summed E-state index contributed by atoms with van der Waals surface area (Å²) >= 11 is 5.47. The Balaban J connectivity index is 2.49. The van der Waals surface area contributed by atoms with Gasteiger partial charge in [-0.25, -0.2) is 4.39 Å². The minimum absolute atomic E-state index is 0.254. The highest BCUT2D eigenvalue weighted by Gasteiger charge is 2.04. The Kier molecular flexibility index (Phi) is 4.19. The number of aliphatic hydroxyl groups is 1. The van der Waals surface area contributed by atoms with E-state index in [0.29, 0.717) is 18.7 Å². The molecule has 0 bridgehead atoms. The quantitative estimate of drug-likeness (QED) is 0.744. The van der Waals surface area contributed by atoms with Crippen LogP contribution in [0.25, 0.3) is 0 Å². The minimum Gasteiger partial charge on any atom is -0.393 e. The largest absolute Gasteiger partial charge is 0.393 e. The van der Waals surface area contributed by atoms with E-state index in [0.717, 1.165) is 5.56 Å². The molecule has 1 aromatic carbocycles. The van der Waals surface area contributed by atoms with Gasteiger partial charge in [0.25, 0.3) is 0 Å². The molecule has 0 aromatic heterocycles. The first-order valence-corrected chi connectivity index (χ1v) is 4.74. The lowest BCUT2D eigenvalue weighted by Gasteiger charge is -2.07. The fourth-order valence-corrected chi connectivity index (χ4v) is 1.37. The Morgan fingerprint density at radius 2 is 1.92 bits per heavy atom. The second-order valence-electron chi connectivity index (χ2n) is 2.96. The normalized spacial score (nSPS) is 12.8. The van der Waals surface area contributed by atoms with Gasteiger partial charge in [-0.1, -0.05) is 12.1 Å². The van der Waals surface area contributed by atoms with Crippen molar-refractivity contribution >= 4 is 11.6 Å². The van der Waals surface area contributed by atoms with Crippen molar-refractivity contribution in [2.45, 2.75) is 18.9 Å². The summed E-state index contributed by atoms with van der Waals surface area (Å²) in [6, 6.07) is 6.13. The zero-order valence-electron chi connectivity index (χ0n) is 7.21. The molecule has 0 saturated heterocycles. The molecule has 0 radical (unpaired) electrons. The van der Waals surface area contributed by atoms with Crippen molar-refractivity contribution < 1.29 is 9.50 Å². The molecule has 0 aliphatic carbocycles. The molecule has 1 aromatic rings. The molecule has 0 amide bonds. The van der Waals surface area contributed by atoms with Gasteiger partial charge in [0, 0.05) is 5.88 Å². The molecule has 13 heavy (non-hydrogen) atoms. The van der Waals surface area contributed by atoms with Gasteiger partial charge in [0.2, 0.25) is 0 Å². The molecule has 72 valence electrons. The van der Waals surface area contributed by atoms with Crippen LogP contribution in [0.3, 0.4) is 0 Å². The van der Waals surface area contributed by atoms with Gasteiger partial charge in [0.1, 0.15) is 5.82 Å². The fraction of sp³-hybridized carbons (Fsp3) is 0.400. The first kappa shape index (κ1) is 10.5. The topological polar surface area (TPSA) is 20.2 Å². The molecule has 0 saturated carbocycles. The molecular formula is C10H12ClFO. The van der Waals surface area contributed by atoms with Crippen LogP contribution in [0.5, 0.6) is 0 Å². The molecule has 1 atom stereocenters. The molecule has 1 N–H and O–H groups in total. The standard InChI is InChI=1S/C10H12ClFO/c11-6-5-10(13)7-8-1-3-9(12)4-2-8/h1-4,10,13H,5-7H2. The van der Waals surface area contributed by atoms with Crippen LogP contribution < -0.4 is 0 Å². The Hall–Kier alpha value is -0.600. The summed E-state index contributed by atoms with van der Waals surface area (Å²) in [7, 11) is 0. The van der Waals surface area contributed by atoms with E-state index in [-0.39, 0.29) is 5.82 Å². The summed E-state index contributed by atoms with van der Waals surface area (Å²) in [5, 5.41) is 9.39. The third-order valence-electron chi connectivity index (χ3n) is 1.83. The summed E-state index contributed by atoms with van der Waals surface area (Å²) in [5.74, 6) is 0.193. The van der Waals surface area contributed by atoms with Crippen LogP contribution in [0.2, 0.25) is 0 Å². The highest BCUT2D eigenvalue weighted by Crippen LogP contribution is 2.07. The van der Waals surface area contributed by atoms with Crippen LogP contribution in [-0.4, -0.2) is 17.1 Å². The zero-order valence-corrected chi connectivity index (χ0v) is 7.97. The molecule has 1 rings (SSSR count). The lowest BCUT2D eigenvalue weighted by Crippen LogP contribution is -2.10. The number of halogens is 2. The van der Waals surface area contributed by atoms with Crippen molar-refractivity contribution in [1.82, 2.24) is 0 Å². The third kappa shape index (κ3) is 3.75. The number of alkyl halides is 1. The second-order valence-corrected chi connectivity index (χ2v) is 3.34. The van der Waals surface area contributed by atoms with Crippen molar-refractivity contribution in [3.8, 4) is 0 Å². The van der Waals surface area contributed by atoms with Gasteiger partial charge in [0.15, 0.2) is 0 Å². The van der Waals surface area contributed by atoms with Crippen LogP contribution in [0.15, 0.2) is 24.3 Å². The molecule has 1 nitrogen and oxygen atoms in total. The van der Waals surface area contributed by atoms with Gasteiger partial charge in [0.05, 0.1) is 6.10 Å². The summed E-state index contributed by atoms with van der Waals surface area (Å²) in [4.78, 5) is 0. The summed E-state index contributed by atoms with van der Waals surface area (Å²) in [6.07, 6.45) is 0.675. The van der Waals surface area contributed by atoms with E-state index in [4.69, 9.17) is 11.6 Å². The van der Waals surface area contributed by atoms with Crippen LogP contribution in [-0.2, 0) is 6.42 Å². The lowest BCUT2D eigenvalue weighted by atomic mass is 10.1. The number of hydrogen-bond acceptors (Lipinski definition) is 1. The van der Waals surface area contributed by atoms with Gasteiger partial charge >= 0.3 is 0 Å². The molecule has 0 fully saturated rings. The third-order valence-corrected chi connectivity index (χ3v) is 2.05. The second kappa shape index (κ2) is 5.20. The predicted octanol–water partition coefficient (Wildman–Crippen LogP) is 2.36. The first-order valence-electron chi connectivity index (χ1n) is 4.21. The SMILES string of the molecule is OC(CCCl)Cc1ccc(F)cc1. The van der Waals surface area contributed by atoms with Gasteiger partial charge in [-0.3, -0.25) is 0 Å². The van der Waals surface area contributed by atoms with Gasteiger partial charge < -0.3 is 5.11 Å². The van der Waals surface area contributed by atoms with Gasteiger partial charge in [-0.05, 0) is 30.5 Å². The Morgan fingerprint density at radius 1 is 1.31 bits per heavy atom. The van der Waals surface area contributed by atoms with Crippen LogP contribution in [0.1, 0.15) is 12.0 Å². The van der Waals surface area contributed by atoms with Crippen LogP contribution in [0.4, 0.5) is 4.39 Å². The molecule has 0 aliphatic rings. The summed E-state index contributed by atoms with van der Waals surface area (Å²) in [6.45, 7) is 0. The number of aliphatic hydroxyl groups excluding tert-OH is 1. The van der Waals surface area contributed by atoms with Gasteiger partial charge in [-0.15, -0.1) is 11.6 Å². The average Bonchev–Trinajstić information content (AvgIpc) is 2.09. The van der Waals surface area contributed by atoms with Crippen molar-refractivity contribution in [3.05, 3.63) is 35.6 Å². The zero-order chi connectivity index (χ0) is 9.68. The first-order chi connectivity index (χ1) is 6.22. The molecule has 0 heterocycles. The summed E-state index contributed by atoms with van der Waals surface area (Å²) < 4.78 is 12.5. The van der Waals surface area contributed by atoms with Crippen LogP contribution >= 0.6 is 11.6 Å². The average molecular weight is 203 g/mol. The molecule has 0 spiro atoms. The minimum atomic E-state index is -0.428. The highest BCUT2D eigenvalue weighted by molar-refractivity contribution is 6.17. The maximum absolute atomic E-state index is 12.5. The number of benzene rings is 1. The van der Waals surface area contributed by atoms with E-state index in [1.165, 1.54) is 12.1 Å². The number of hydrogen-bond donors (Lipinski definition) is 1. The Morgan fingerprint density at radius 3 is 2.46 bits per heavy atom. The van der Waals surface area contributed by atoms with E-state index in [1.807, 2.05) is 0 Å².